The minimum absolute atomic E-state index is 0.928. The maximum atomic E-state index is 2.32. The molecule has 0 heterocycles. The third kappa shape index (κ3) is 3.85. The molecule has 0 aliphatic heterocycles. The molecular formula is C20H23N. The normalized spacial score (nSPS) is 15.7. The Morgan fingerprint density at radius 1 is 1.10 bits per heavy atom. The Kier molecular flexibility index (Phi) is 5.39. The van der Waals surface area contributed by atoms with E-state index in [0.29, 0.717) is 0 Å². The van der Waals surface area contributed by atoms with Crippen molar-refractivity contribution in [1.29, 1.82) is 0 Å². The average Bonchev–Trinajstić information content (AvgIpc) is 2.73. The number of hydrogen-bond donors (Lipinski definition) is 0. The van der Waals surface area contributed by atoms with Gasteiger partial charge in [-0.15, -0.1) is 0 Å². The lowest BCUT2D eigenvalue weighted by atomic mass is 10.1. The summed E-state index contributed by atoms with van der Waals surface area (Å²) in [7, 11) is 0. The molecule has 1 aromatic rings. The van der Waals surface area contributed by atoms with Crippen LogP contribution in [0.2, 0.25) is 0 Å². The molecule has 0 atom stereocenters. The van der Waals surface area contributed by atoms with Gasteiger partial charge in [0.1, 0.15) is 0 Å². The van der Waals surface area contributed by atoms with E-state index < -0.39 is 0 Å². The van der Waals surface area contributed by atoms with Crippen molar-refractivity contribution in [2.45, 2.75) is 27.2 Å². The van der Waals surface area contributed by atoms with Gasteiger partial charge in [-0.05, 0) is 45.1 Å². The molecule has 1 aliphatic rings. The number of hydrogen-bond acceptors (Lipinski definition) is 1. The topological polar surface area (TPSA) is 3.24 Å². The molecule has 0 fully saturated rings. The van der Waals surface area contributed by atoms with Gasteiger partial charge < -0.3 is 4.90 Å². The molecule has 0 bridgehead atoms. The van der Waals surface area contributed by atoms with E-state index in [2.05, 4.69) is 98.5 Å². The summed E-state index contributed by atoms with van der Waals surface area (Å²) in [5, 5.41) is 0. The van der Waals surface area contributed by atoms with Gasteiger partial charge in [0.2, 0.25) is 0 Å². The average molecular weight is 277 g/mol. The first-order valence-electron chi connectivity index (χ1n) is 7.44. The Bertz CT molecular complexity index is 612. The predicted octanol–water partition coefficient (Wildman–Crippen LogP) is 5.76. The molecule has 0 saturated heterocycles. The van der Waals surface area contributed by atoms with Gasteiger partial charge in [-0.2, -0.15) is 0 Å². The third-order valence-electron chi connectivity index (χ3n) is 3.44. The van der Waals surface area contributed by atoms with Gasteiger partial charge in [-0.1, -0.05) is 54.2 Å². The summed E-state index contributed by atoms with van der Waals surface area (Å²) in [6.45, 7) is 6.27. The minimum Gasteiger partial charge on any atom is -0.314 e. The molecule has 21 heavy (non-hydrogen) atoms. The molecule has 0 spiro atoms. The van der Waals surface area contributed by atoms with Crippen molar-refractivity contribution in [2.75, 3.05) is 4.90 Å². The third-order valence-corrected chi connectivity index (χ3v) is 3.44. The maximum Gasteiger partial charge on any atom is 0.0458 e. The molecule has 2 rings (SSSR count). The fraction of sp³-hybridized carbons (Fsp3) is 0.200. The molecule has 0 unspecified atom stereocenters. The summed E-state index contributed by atoms with van der Waals surface area (Å²) >= 11 is 0. The van der Waals surface area contributed by atoms with Crippen LogP contribution >= 0.6 is 0 Å². The van der Waals surface area contributed by atoms with Gasteiger partial charge in [-0.3, -0.25) is 0 Å². The molecule has 1 aliphatic carbocycles. The van der Waals surface area contributed by atoms with Gasteiger partial charge in [0.25, 0.3) is 0 Å². The molecule has 0 N–H and O–H groups in total. The quantitative estimate of drug-likeness (QED) is 0.632. The number of benzene rings is 1. The van der Waals surface area contributed by atoms with E-state index in [1.807, 2.05) is 0 Å². The van der Waals surface area contributed by atoms with Crippen LogP contribution in [0.3, 0.4) is 0 Å². The van der Waals surface area contributed by atoms with E-state index in [-0.39, 0.29) is 0 Å². The molecule has 108 valence electrons. The van der Waals surface area contributed by atoms with Crippen molar-refractivity contribution in [3.63, 3.8) is 0 Å². The summed E-state index contributed by atoms with van der Waals surface area (Å²) in [6.07, 6.45) is 16.1. The second-order valence-corrected chi connectivity index (χ2v) is 5.06. The van der Waals surface area contributed by atoms with Gasteiger partial charge in [0.05, 0.1) is 0 Å². The van der Waals surface area contributed by atoms with Crippen LogP contribution in [0.5, 0.6) is 0 Å². The largest absolute Gasteiger partial charge is 0.314 e. The highest BCUT2D eigenvalue weighted by Crippen LogP contribution is 2.28. The van der Waals surface area contributed by atoms with Crippen LogP contribution in [-0.4, -0.2) is 0 Å². The molecule has 0 radical (unpaired) electrons. The van der Waals surface area contributed by atoms with Crippen molar-refractivity contribution in [3.8, 4) is 0 Å². The van der Waals surface area contributed by atoms with Gasteiger partial charge in [0.15, 0.2) is 0 Å². The monoisotopic (exact) mass is 277 g/mol. The Labute approximate surface area is 128 Å². The van der Waals surface area contributed by atoms with E-state index in [1.54, 1.807) is 0 Å². The molecule has 0 aromatic heterocycles. The van der Waals surface area contributed by atoms with E-state index in [4.69, 9.17) is 0 Å². The van der Waals surface area contributed by atoms with E-state index in [9.17, 15) is 0 Å². The summed E-state index contributed by atoms with van der Waals surface area (Å²) in [4.78, 5) is 2.32. The number of nitrogens with zero attached hydrogens (tertiary/aromatic N) is 1. The van der Waals surface area contributed by atoms with Crippen LogP contribution in [0.25, 0.3) is 0 Å². The first kappa shape index (κ1) is 15.1. The van der Waals surface area contributed by atoms with Crippen molar-refractivity contribution in [3.05, 3.63) is 89.8 Å². The number of allylic oxidation sites excluding steroid dienone is 8. The van der Waals surface area contributed by atoms with E-state index >= 15 is 0 Å². The Hall–Kier alpha value is -2.28. The van der Waals surface area contributed by atoms with Crippen LogP contribution < -0.4 is 4.90 Å². The standard InChI is InChI=1S/C20H23N/c1-4-10-18(5-2)21(19-12-7-6-8-13-19)20-14-9-11-17(3)15-16-20/h4-13,15-16H,14H2,1-3H3/b10-4-,18-5+. The molecular weight excluding hydrogens is 254 g/mol. The van der Waals surface area contributed by atoms with E-state index in [1.165, 1.54) is 22.7 Å². The summed E-state index contributed by atoms with van der Waals surface area (Å²) in [5.41, 5.74) is 4.94. The molecule has 0 amide bonds. The minimum atomic E-state index is 0.928. The van der Waals surface area contributed by atoms with Crippen molar-refractivity contribution < 1.29 is 0 Å². The lowest BCUT2D eigenvalue weighted by molar-refractivity contribution is 1.03. The van der Waals surface area contributed by atoms with Crippen molar-refractivity contribution in [1.82, 2.24) is 0 Å². The van der Waals surface area contributed by atoms with Crippen LogP contribution in [-0.2, 0) is 0 Å². The highest BCUT2D eigenvalue weighted by Gasteiger charge is 2.14. The van der Waals surface area contributed by atoms with E-state index in [0.717, 1.165) is 6.42 Å². The zero-order chi connectivity index (χ0) is 15.1. The maximum absolute atomic E-state index is 2.32. The van der Waals surface area contributed by atoms with Crippen LogP contribution in [0.15, 0.2) is 89.8 Å². The fourth-order valence-corrected chi connectivity index (χ4v) is 2.41. The Morgan fingerprint density at radius 3 is 2.52 bits per heavy atom. The first-order chi connectivity index (χ1) is 10.3. The zero-order valence-corrected chi connectivity index (χ0v) is 13.1. The second kappa shape index (κ2) is 7.49. The zero-order valence-electron chi connectivity index (χ0n) is 13.1. The van der Waals surface area contributed by atoms with Crippen molar-refractivity contribution >= 4 is 5.69 Å². The summed E-state index contributed by atoms with van der Waals surface area (Å²) in [5.74, 6) is 0. The van der Waals surface area contributed by atoms with Crippen LogP contribution in [0.1, 0.15) is 27.2 Å². The summed E-state index contributed by atoms with van der Waals surface area (Å²) in [6, 6.07) is 10.5. The lowest BCUT2D eigenvalue weighted by Crippen LogP contribution is -2.20. The SMILES string of the molecule is C/C=C\C(=C/C)N(C1=CC=C(C)C=CC1)c1ccccc1. The van der Waals surface area contributed by atoms with Gasteiger partial charge in [-0.25, -0.2) is 0 Å². The van der Waals surface area contributed by atoms with Gasteiger partial charge >= 0.3 is 0 Å². The predicted molar refractivity (Wildman–Crippen MR) is 93.1 cm³/mol. The molecule has 1 nitrogen and oxygen atoms in total. The Morgan fingerprint density at radius 2 is 1.86 bits per heavy atom. The summed E-state index contributed by atoms with van der Waals surface area (Å²) < 4.78 is 0. The fourth-order valence-electron chi connectivity index (χ4n) is 2.41. The number of rotatable bonds is 4. The Balaban J connectivity index is 2.49. The first-order valence-corrected chi connectivity index (χ1v) is 7.44. The lowest BCUT2D eigenvalue weighted by Gasteiger charge is -2.28. The second-order valence-electron chi connectivity index (χ2n) is 5.06. The highest BCUT2D eigenvalue weighted by atomic mass is 15.2. The van der Waals surface area contributed by atoms with Crippen LogP contribution in [0, 0.1) is 0 Å². The van der Waals surface area contributed by atoms with Gasteiger partial charge in [0, 0.05) is 23.5 Å². The molecule has 1 aromatic carbocycles. The number of para-hydroxylation sites is 1. The van der Waals surface area contributed by atoms with Crippen LogP contribution in [0.4, 0.5) is 5.69 Å². The smallest absolute Gasteiger partial charge is 0.0458 e. The highest BCUT2D eigenvalue weighted by molar-refractivity contribution is 5.61. The van der Waals surface area contributed by atoms with Crippen molar-refractivity contribution in [2.24, 2.45) is 0 Å². The molecule has 0 saturated carbocycles. The molecule has 1 heteroatoms. The number of anilines is 1.